The van der Waals surface area contributed by atoms with Crippen molar-refractivity contribution in [3.63, 3.8) is 0 Å². The minimum atomic E-state index is -2.97. The Kier molecular flexibility index (Phi) is 11.7. The standard InChI is InChI=1S/C17H29NO14S/c1-6(22)33-18-11-7(23)2-17(16(29)30,32-15(11)13(28)9(25)4-20)31-14(10(26)5-21)12(27)8(24)3-19/h5,7-15,18-20,23-28H,2-4H2,1H3,(H,29,30)/t7-,8+,9+,10-,11+,12-,13+,14+,15+,17+/m0/s1. The van der Waals surface area contributed by atoms with Gasteiger partial charge in [0.25, 0.3) is 5.79 Å². The van der Waals surface area contributed by atoms with Crippen LogP contribution in [0.15, 0.2) is 0 Å². The van der Waals surface area contributed by atoms with Crippen LogP contribution in [0.25, 0.3) is 0 Å². The molecule has 10 atom stereocenters. The lowest BCUT2D eigenvalue weighted by atomic mass is 9.89. The van der Waals surface area contributed by atoms with Gasteiger partial charge < -0.3 is 60.2 Å². The van der Waals surface area contributed by atoms with Crippen LogP contribution in [0.5, 0.6) is 0 Å². The molecule has 0 unspecified atom stereocenters. The first-order chi connectivity index (χ1) is 15.3. The second-order valence-electron chi connectivity index (χ2n) is 7.34. The second kappa shape index (κ2) is 13.0. The van der Waals surface area contributed by atoms with Crippen molar-refractivity contribution in [2.45, 2.75) is 74.0 Å². The Morgan fingerprint density at radius 1 is 1.18 bits per heavy atom. The molecule has 1 saturated heterocycles. The maximum atomic E-state index is 12.1. The highest BCUT2D eigenvalue weighted by Gasteiger charge is 2.57. The number of carboxylic acid groups (broad SMARTS) is 1. The van der Waals surface area contributed by atoms with E-state index in [-0.39, 0.29) is 6.29 Å². The molecule has 1 rings (SSSR count). The van der Waals surface area contributed by atoms with Crippen LogP contribution < -0.4 is 4.72 Å². The fourth-order valence-corrected chi connectivity index (χ4v) is 3.69. The molecule has 0 aliphatic carbocycles. The number of carbonyl (C=O) groups is 3. The third-order valence-corrected chi connectivity index (χ3v) is 5.55. The van der Waals surface area contributed by atoms with E-state index in [0.717, 1.165) is 6.92 Å². The average molecular weight is 503 g/mol. The summed E-state index contributed by atoms with van der Waals surface area (Å²) in [5.74, 6) is -4.92. The lowest BCUT2D eigenvalue weighted by Gasteiger charge is -2.48. The van der Waals surface area contributed by atoms with Gasteiger partial charge in [-0.1, -0.05) is 0 Å². The SMILES string of the molecule is CC(=O)SN[C@H]1[C@H]([C@H](O)[C@H](O)CO)O[C@@](O[C@@H]([C@@H](O)[C@H](O)CO)[C@@H](O)C=O)(C(=O)O)C[C@@H]1O. The van der Waals surface area contributed by atoms with Crippen molar-refractivity contribution in [3.8, 4) is 0 Å². The minimum absolute atomic E-state index is 0.150. The highest BCUT2D eigenvalue weighted by molar-refractivity contribution is 8.11. The summed E-state index contributed by atoms with van der Waals surface area (Å²) in [4.78, 5) is 34.5. The van der Waals surface area contributed by atoms with Gasteiger partial charge in [0.05, 0.1) is 25.4 Å². The largest absolute Gasteiger partial charge is 0.477 e. The van der Waals surface area contributed by atoms with E-state index in [9.17, 15) is 50.1 Å². The second-order valence-corrected chi connectivity index (χ2v) is 8.35. The van der Waals surface area contributed by atoms with Gasteiger partial charge >= 0.3 is 5.97 Å². The van der Waals surface area contributed by atoms with Gasteiger partial charge in [0.1, 0.15) is 42.7 Å². The Hall–Kier alpha value is -1.28. The van der Waals surface area contributed by atoms with E-state index < -0.39 is 91.4 Å². The summed E-state index contributed by atoms with van der Waals surface area (Å²) in [5, 5.41) is 88.0. The van der Waals surface area contributed by atoms with Crippen molar-refractivity contribution in [1.82, 2.24) is 4.72 Å². The zero-order valence-corrected chi connectivity index (χ0v) is 18.2. The molecular weight excluding hydrogens is 474 g/mol. The predicted molar refractivity (Wildman–Crippen MR) is 106 cm³/mol. The Bertz CT molecular complexity index is 670. The van der Waals surface area contributed by atoms with Crippen LogP contribution in [-0.4, -0.2) is 137 Å². The average Bonchev–Trinajstić information content (AvgIpc) is 2.78. The topological polar surface area (TPSA) is 264 Å². The summed E-state index contributed by atoms with van der Waals surface area (Å²) in [7, 11) is 0. The Morgan fingerprint density at radius 2 is 1.76 bits per heavy atom. The fraction of sp³-hybridized carbons (Fsp3) is 0.824. The van der Waals surface area contributed by atoms with Crippen molar-refractivity contribution in [3.05, 3.63) is 0 Å². The number of ether oxygens (including phenoxy) is 2. The molecule has 1 fully saturated rings. The Labute approximate surface area is 191 Å². The number of hydrogen-bond acceptors (Lipinski definition) is 15. The molecule has 1 heterocycles. The van der Waals surface area contributed by atoms with Crippen molar-refractivity contribution in [2.24, 2.45) is 0 Å². The van der Waals surface area contributed by atoms with E-state index in [4.69, 9.17) is 19.7 Å². The van der Waals surface area contributed by atoms with Gasteiger partial charge in [-0.05, 0) is 11.9 Å². The number of aliphatic hydroxyl groups excluding tert-OH is 8. The van der Waals surface area contributed by atoms with Gasteiger partial charge in [-0.3, -0.25) is 4.79 Å². The molecule has 1 aliphatic heterocycles. The highest BCUT2D eigenvalue weighted by Crippen LogP contribution is 2.36. The summed E-state index contributed by atoms with van der Waals surface area (Å²) in [6.07, 6.45) is -17.3. The lowest BCUT2D eigenvalue weighted by molar-refractivity contribution is -0.336. The third-order valence-electron chi connectivity index (χ3n) is 4.88. The van der Waals surface area contributed by atoms with Crippen LogP contribution in [-0.2, 0) is 23.9 Å². The molecule has 0 aromatic carbocycles. The van der Waals surface area contributed by atoms with Crippen molar-refractivity contribution >= 4 is 29.3 Å². The van der Waals surface area contributed by atoms with Crippen molar-refractivity contribution < 1.29 is 69.8 Å². The molecule has 1 aliphatic rings. The summed E-state index contributed by atoms with van der Waals surface area (Å²) >= 11 is 0.465. The fourth-order valence-electron chi connectivity index (χ4n) is 3.10. The van der Waals surface area contributed by atoms with Crippen LogP contribution in [0.1, 0.15) is 13.3 Å². The molecule has 0 aromatic rings. The lowest BCUT2D eigenvalue weighted by Crippen LogP contribution is -2.68. The predicted octanol–water partition coefficient (Wildman–Crippen LogP) is -5.56. The first-order valence-corrected chi connectivity index (χ1v) is 10.4. The van der Waals surface area contributed by atoms with Crippen LogP contribution in [0.2, 0.25) is 0 Å². The molecule has 33 heavy (non-hydrogen) atoms. The first-order valence-electron chi connectivity index (χ1n) is 9.62. The zero-order chi connectivity index (χ0) is 25.5. The van der Waals surface area contributed by atoms with E-state index in [1.165, 1.54) is 0 Å². The smallest absolute Gasteiger partial charge is 0.364 e. The molecule has 0 radical (unpaired) electrons. The summed E-state index contributed by atoms with van der Waals surface area (Å²) in [6, 6.07) is -1.39. The summed E-state index contributed by atoms with van der Waals surface area (Å²) in [6.45, 7) is -0.904. The number of carboxylic acids is 1. The van der Waals surface area contributed by atoms with E-state index >= 15 is 0 Å². The van der Waals surface area contributed by atoms with Crippen LogP contribution >= 0.6 is 11.9 Å². The van der Waals surface area contributed by atoms with Gasteiger partial charge in [-0.25, -0.2) is 9.52 Å². The Morgan fingerprint density at radius 3 is 2.21 bits per heavy atom. The van der Waals surface area contributed by atoms with Gasteiger partial charge in [0, 0.05) is 13.3 Å². The number of rotatable bonds is 13. The minimum Gasteiger partial charge on any atom is -0.477 e. The molecule has 16 heteroatoms. The first kappa shape index (κ1) is 29.8. The molecular formula is C17H29NO14S. The Balaban J connectivity index is 3.41. The van der Waals surface area contributed by atoms with E-state index in [2.05, 4.69) is 4.72 Å². The van der Waals surface area contributed by atoms with E-state index in [1.54, 1.807) is 0 Å². The molecule has 0 amide bonds. The molecule has 15 nitrogen and oxygen atoms in total. The monoisotopic (exact) mass is 503 g/mol. The van der Waals surface area contributed by atoms with Gasteiger partial charge in [-0.15, -0.1) is 0 Å². The normalized spacial score (nSPS) is 31.1. The van der Waals surface area contributed by atoms with Gasteiger partial charge in [0.15, 0.2) is 6.29 Å². The van der Waals surface area contributed by atoms with Gasteiger partial charge in [0.2, 0.25) is 5.12 Å². The maximum Gasteiger partial charge on any atom is 0.364 e. The molecule has 0 spiro atoms. The van der Waals surface area contributed by atoms with E-state index in [1.807, 2.05) is 0 Å². The van der Waals surface area contributed by atoms with Crippen LogP contribution in [0, 0.1) is 0 Å². The number of aliphatic carboxylic acids is 1. The third kappa shape index (κ3) is 7.35. The van der Waals surface area contributed by atoms with Crippen LogP contribution in [0.4, 0.5) is 0 Å². The van der Waals surface area contributed by atoms with E-state index in [0.29, 0.717) is 11.9 Å². The number of nitrogens with one attached hydrogen (secondary N) is 1. The number of hydrogen-bond donors (Lipinski definition) is 10. The number of aliphatic hydroxyl groups is 8. The molecule has 0 aromatic heterocycles. The molecule has 0 bridgehead atoms. The van der Waals surface area contributed by atoms with Crippen molar-refractivity contribution in [2.75, 3.05) is 13.2 Å². The quantitative estimate of drug-likeness (QED) is 0.0829. The molecule has 0 saturated carbocycles. The molecule has 192 valence electrons. The highest BCUT2D eigenvalue weighted by atomic mass is 32.2. The number of aldehydes is 1. The maximum absolute atomic E-state index is 12.1. The van der Waals surface area contributed by atoms with Crippen molar-refractivity contribution in [1.29, 1.82) is 0 Å². The zero-order valence-electron chi connectivity index (χ0n) is 17.4. The summed E-state index contributed by atoms with van der Waals surface area (Å²) in [5.41, 5.74) is 0. The summed E-state index contributed by atoms with van der Waals surface area (Å²) < 4.78 is 13.0. The number of carbonyl (C=O) groups excluding carboxylic acids is 2. The van der Waals surface area contributed by atoms with Crippen LogP contribution in [0.3, 0.4) is 0 Å². The van der Waals surface area contributed by atoms with Gasteiger partial charge in [-0.2, -0.15) is 0 Å². The molecule has 10 N–H and O–H groups in total.